The zero-order valence-corrected chi connectivity index (χ0v) is 18.1. The number of aryl methyl sites for hydroxylation is 2. The second-order valence-electron chi connectivity index (χ2n) is 7.62. The number of piperidine rings is 1. The van der Waals surface area contributed by atoms with Crippen molar-refractivity contribution in [1.82, 2.24) is 5.32 Å². The van der Waals surface area contributed by atoms with Crippen LogP contribution in [0, 0.1) is 25.6 Å². The predicted octanol–water partition coefficient (Wildman–Crippen LogP) is 3.84. The number of hydrogen-bond donors (Lipinski definition) is 2. The number of hydrogen-bond acceptors (Lipinski definition) is 4. The lowest BCUT2D eigenvalue weighted by Crippen LogP contribution is -2.31. The van der Waals surface area contributed by atoms with Gasteiger partial charge in [0, 0.05) is 22.9 Å². The molecule has 160 valence electrons. The first-order valence-electron chi connectivity index (χ1n) is 9.88. The summed E-state index contributed by atoms with van der Waals surface area (Å²) in [4.78, 5) is 12.6. The summed E-state index contributed by atoms with van der Waals surface area (Å²) >= 11 is 0. The maximum Gasteiger partial charge on any atom is 0.282 e. The molecule has 1 heterocycles. The van der Waals surface area contributed by atoms with Gasteiger partial charge < -0.3 is 10.6 Å². The summed E-state index contributed by atoms with van der Waals surface area (Å²) in [5, 5.41) is 6.01. The molecule has 1 amide bonds. The highest BCUT2D eigenvalue weighted by Crippen LogP contribution is 2.24. The van der Waals surface area contributed by atoms with Crippen LogP contribution in [-0.2, 0) is 10.0 Å². The van der Waals surface area contributed by atoms with E-state index in [1.807, 2.05) is 0 Å². The van der Waals surface area contributed by atoms with E-state index >= 15 is 0 Å². The van der Waals surface area contributed by atoms with Gasteiger partial charge >= 0.3 is 0 Å². The minimum absolute atomic E-state index is 0.0873. The van der Waals surface area contributed by atoms with Gasteiger partial charge in [-0.25, -0.2) is 4.39 Å². The highest BCUT2D eigenvalue weighted by atomic mass is 32.2. The van der Waals surface area contributed by atoms with Crippen LogP contribution in [0.3, 0.4) is 0 Å². The number of benzene rings is 2. The van der Waals surface area contributed by atoms with Gasteiger partial charge in [0.05, 0.1) is 4.90 Å². The van der Waals surface area contributed by atoms with E-state index in [0.29, 0.717) is 28.1 Å². The highest BCUT2D eigenvalue weighted by molar-refractivity contribution is 7.90. The summed E-state index contributed by atoms with van der Waals surface area (Å²) in [6, 6.07) is 8.43. The summed E-state index contributed by atoms with van der Waals surface area (Å²) < 4.78 is 42.8. The molecular weight excluding hydrogens is 405 g/mol. The van der Waals surface area contributed by atoms with Crippen LogP contribution in [0.2, 0.25) is 0 Å². The second kappa shape index (κ2) is 9.06. The summed E-state index contributed by atoms with van der Waals surface area (Å²) in [5.74, 6) is -0.624. The molecule has 0 aliphatic carbocycles. The number of carbonyl (C=O) groups excluding carboxylic acids is 1. The number of sulfonamides is 1. The van der Waals surface area contributed by atoms with Crippen molar-refractivity contribution in [2.24, 2.45) is 10.3 Å². The quantitative estimate of drug-likeness (QED) is 0.704. The minimum Gasteiger partial charge on any atom is -0.322 e. The zero-order valence-electron chi connectivity index (χ0n) is 17.3. The maximum atomic E-state index is 13.3. The number of carbonyl (C=O) groups is 1. The normalized spacial score (nSPS) is 15.8. The third kappa shape index (κ3) is 5.12. The van der Waals surface area contributed by atoms with Crippen molar-refractivity contribution in [2.75, 3.05) is 18.4 Å². The van der Waals surface area contributed by atoms with E-state index < -0.39 is 15.8 Å². The fourth-order valence-electron chi connectivity index (χ4n) is 3.56. The molecule has 2 N–H and O–H groups in total. The Morgan fingerprint density at radius 1 is 1.10 bits per heavy atom. The lowest BCUT2D eigenvalue weighted by atomic mass is 9.94. The lowest BCUT2D eigenvalue weighted by molar-refractivity contribution is 0.102. The Balaban J connectivity index is 1.79. The Hall–Kier alpha value is -2.58. The zero-order chi connectivity index (χ0) is 21.9. The van der Waals surface area contributed by atoms with Gasteiger partial charge in [0.25, 0.3) is 15.9 Å². The standard InChI is InChI=1S/C22H26FN3O3S/c1-14-12-18(23)4-6-20(14)22(27)25-21-7-5-19(13-15(21)2)30(28,29)26-16(3)17-8-10-24-11-9-17/h4-7,12-13,17,24H,8-11H2,1-3H3,(H,25,27)/b26-16-. The first kappa shape index (κ1) is 22.1. The summed E-state index contributed by atoms with van der Waals surface area (Å²) in [6.07, 6.45) is 1.75. The van der Waals surface area contributed by atoms with E-state index in [9.17, 15) is 17.6 Å². The van der Waals surface area contributed by atoms with Gasteiger partial charge in [0.15, 0.2) is 0 Å². The molecule has 1 fully saturated rings. The van der Waals surface area contributed by atoms with E-state index in [0.717, 1.165) is 25.9 Å². The molecular formula is C22H26FN3O3S. The van der Waals surface area contributed by atoms with Gasteiger partial charge in [-0.05, 0) is 94.2 Å². The van der Waals surface area contributed by atoms with Gasteiger partial charge in [0.2, 0.25) is 0 Å². The molecule has 0 radical (unpaired) electrons. The third-order valence-corrected chi connectivity index (χ3v) is 6.75. The Morgan fingerprint density at radius 3 is 2.43 bits per heavy atom. The summed E-state index contributed by atoms with van der Waals surface area (Å²) in [7, 11) is -3.83. The fraction of sp³-hybridized carbons (Fsp3) is 0.364. The molecule has 0 unspecified atom stereocenters. The minimum atomic E-state index is -3.83. The molecule has 2 aromatic carbocycles. The fourth-order valence-corrected chi connectivity index (χ4v) is 4.76. The van der Waals surface area contributed by atoms with Crippen LogP contribution in [0.4, 0.5) is 10.1 Å². The van der Waals surface area contributed by atoms with Gasteiger partial charge in [-0.15, -0.1) is 0 Å². The van der Waals surface area contributed by atoms with Crippen LogP contribution < -0.4 is 10.6 Å². The monoisotopic (exact) mass is 431 g/mol. The first-order chi connectivity index (χ1) is 14.2. The number of halogens is 1. The van der Waals surface area contributed by atoms with Crippen LogP contribution >= 0.6 is 0 Å². The molecule has 1 aliphatic heterocycles. The van der Waals surface area contributed by atoms with Crippen molar-refractivity contribution in [2.45, 2.75) is 38.5 Å². The van der Waals surface area contributed by atoms with Crippen molar-refractivity contribution >= 4 is 27.3 Å². The predicted molar refractivity (Wildman–Crippen MR) is 116 cm³/mol. The van der Waals surface area contributed by atoms with E-state index in [2.05, 4.69) is 15.0 Å². The molecule has 0 aromatic heterocycles. The van der Waals surface area contributed by atoms with Crippen molar-refractivity contribution in [3.8, 4) is 0 Å². The Bertz CT molecular complexity index is 1090. The molecule has 0 bridgehead atoms. The first-order valence-corrected chi connectivity index (χ1v) is 11.3. The van der Waals surface area contributed by atoms with Gasteiger partial charge in [0.1, 0.15) is 5.82 Å². The summed E-state index contributed by atoms with van der Waals surface area (Å²) in [5.41, 5.74) is 2.58. The van der Waals surface area contributed by atoms with Crippen LogP contribution in [-0.4, -0.2) is 33.1 Å². The molecule has 0 atom stereocenters. The second-order valence-corrected chi connectivity index (χ2v) is 9.23. The van der Waals surface area contributed by atoms with E-state index in [4.69, 9.17) is 0 Å². The Labute approximate surface area is 176 Å². The van der Waals surface area contributed by atoms with Crippen molar-refractivity contribution < 1.29 is 17.6 Å². The van der Waals surface area contributed by atoms with E-state index in [-0.39, 0.29) is 16.7 Å². The number of rotatable bonds is 5. The number of amides is 1. The SMILES string of the molecule is C/C(=N/S(=O)(=O)c1ccc(NC(=O)c2ccc(F)cc2C)c(C)c1)C1CCNCC1. The van der Waals surface area contributed by atoms with Gasteiger partial charge in [-0.1, -0.05) is 0 Å². The lowest BCUT2D eigenvalue weighted by Gasteiger charge is -2.22. The molecule has 0 saturated carbocycles. The molecule has 0 spiro atoms. The van der Waals surface area contributed by atoms with Crippen LogP contribution in [0.15, 0.2) is 45.7 Å². The van der Waals surface area contributed by atoms with Gasteiger partial charge in [-0.2, -0.15) is 12.8 Å². The number of nitrogens with zero attached hydrogens (tertiary/aromatic N) is 1. The Kier molecular flexibility index (Phi) is 6.67. The summed E-state index contributed by atoms with van der Waals surface area (Å²) in [6.45, 7) is 6.86. The van der Waals surface area contributed by atoms with Crippen LogP contribution in [0.5, 0.6) is 0 Å². The average Bonchev–Trinajstić information content (AvgIpc) is 2.69. The maximum absolute atomic E-state index is 13.3. The molecule has 1 saturated heterocycles. The molecule has 6 nitrogen and oxygen atoms in total. The molecule has 3 rings (SSSR count). The molecule has 2 aromatic rings. The van der Waals surface area contributed by atoms with Crippen molar-refractivity contribution in [3.63, 3.8) is 0 Å². The van der Waals surface area contributed by atoms with E-state index in [1.165, 1.54) is 30.3 Å². The topological polar surface area (TPSA) is 87.6 Å². The average molecular weight is 432 g/mol. The largest absolute Gasteiger partial charge is 0.322 e. The van der Waals surface area contributed by atoms with Crippen molar-refractivity contribution in [1.29, 1.82) is 0 Å². The molecule has 8 heteroatoms. The van der Waals surface area contributed by atoms with Gasteiger partial charge in [-0.3, -0.25) is 4.79 Å². The highest BCUT2D eigenvalue weighted by Gasteiger charge is 2.21. The Morgan fingerprint density at radius 2 is 1.80 bits per heavy atom. The van der Waals surface area contributed by atoms with Crippen molar-refractivity contribution in [3.05, 3.63) is 58.9 Å². The smallest absolute Gasteiger partial charge is 0.282 e. The number of anilines is 1. The number of nitrogens with one attached hydrogen (secondary N) is 2. The molecule has 1 aliphatic rings. The molecule has 30 heavy (non-hydrogen) atoms. The van der Waals surface area contributed by atoms with Crippen LogP contribution in [0.25, 0.3) is 0 Å². The van der Waals surface area contributed by atoms with Crippen LogP contribution in [0.1, 0.15) is 41.3 Å². The third-order valence-electron chi connectivity index (χ3n) is 5.37. The van der Waals surface area contributed by atoms with E-state index in [1.54, 1.807) is 26.8 Å².